The normalized spacial score (nSPS) is 34.0. The molecule has 3 saturated heterocycles. The van der Waals surface area contributed by atoms with E-state index >= 15 is 4.79 Å². The van der Waals surface area contributed by atoms with Gasteiger partial charge in [-0.05, 0) is 113 Å². The smallest absolute Gasteiger partial charge is 0.306 e. The van der Waals surface area contributed by atoms with Crippen LogP contribution in [0, 0.1) is 28.6 Å². The van der Waals surface area contributed by atoms with Crippen LogP contribution in [0.4, 0.5) is 0 Å². The quantitative estimate of drug-likeness (QED) is 0.189. The van der Waals surface area contributed by atoms with Gasteiger partial charge < -0.3 is 19.1 Å². The fourth-order valence-corrected chi connectivity index (χ4v) is 12.9. The van der Waals surface area contributed by atoms with Crippen LogP contribution < -0.4 is 14.2 Å². The number of hydrogen-bond donors (Lipinski definition) is 1. The van der Waals surface area contributed by atoms with E-state index < -0.39 is 61.5 Å². The van der Waals surface area contributed by atoms with Crippen molar-refractivity contribution in [1.29, 1.82) is 0 Å². The fourth-order valence-electron chi connectivity index (χ4n) is 11.6. The molecule has 348 valence electrons. The maximum atomic E-state index is 15.0. The summed E-state index contributed by atoms with van der Waals surface area (Å²) in [6.45, 7) is 14.6. The molecule has 14 heteroatoms. The molecule has 6 fully saturated rings. The average molecular weight is 901 g/mol. The van der Waals surface area contributed by atoms with E-state index in [9.17, 15) is 22.8 Å². The number of nitrogens with one attached hydrogen (secondary N) is 1. The van der Waals surface area contributed by atoms with E-state index in [2.05, 4.69) is 29.2 Å². The molecule has 9 atom stereocenters. The number of para-hydroxylation sites is 1. The number of carbonyl (C=O) groups excluding carboxylic acids is 4. The zero-order chi connectivity index (χ0) is 45.3. The van der Waals surface area contributed by atoms with Gasteiger partial charge in [0.05, 0.1) is 46.2 Å². The number of piperidine rings is 1. The van der Waals surface area contributed by atoms with Crippen molar-refractivity contribution in [2.75, 3.05) is 13.1 Å². The van der Waals surface area contributed by atoms with Crippen molar-refractivity contribution in [2.24, 2.45) is 28.6 Å². The second-order valence-electron chi connectivity index (χ2n) is 21.6. The zero-order valence-corrected chi connectivity index (χ0v) is 39.3. The summed E-state index contributed by atoms with van der Waals surface area (Å²) < 4.78 is 47.9. The minimum absolute atomic E-state index is 0.0437. The number of pyridine rings is 1. The Morgan fingerprint density at radius 3 is 2.42 bits per heavy atom. The Morgan fingerprint density at radius 1 is 1.02 bits per heavy atom. The van der Waals surface area contributed by atoms with Crippen LogP contribution in [0.1, 0.15) is 136 Å². The lowest BCUT2D eigenvalue weighted by atomic mass is 9.77. The molecule has 1 N–H and O–H groups in total. The van der Waals surface area contributed by atoms with E-state index in [-0.39, 0.29) is 56.1 Å². The van der Waals surface area contributed by atoms with Crippen LogP contribution in [-0.4, -0.2) is 101 Å². The van der Waals surface area contributed by atoms with E-state index in [0.717, 1.165) is 73.7 Å². The molecule has 4 bridgehead atoms. The predicted molar refractivity (Wildman–Crippen MR) is 242 cm³/mol. The largest absolute Gasteiger partial charge is 0.489 e. The van der Waals surface area contributed by atoms with Gasteiger partial charge in [0.1, 0.15) is 24.1 Å². The summed E-state index contributed by atoms with van der Waals surface area (Å²) in [7, 11) is -3.96. The predicted octanol–water partition coefficient (Wildman–Crippen LogP) is 7.23. The lowest BCUT2D eigenvalue weighted by molar-refractivity contribution is -0.154. The first kappa shape index (κ1) is 45.1. The minimum Gasteiger partial charge on any atom is -0.489 e. The van der Waals surface area contributed by atoms with Crippen molar-refractivity contribution >= 4 is 44.5 Å². The third-order valence-electron chi connectivity index (χ3n) is 16.1. The summed E-state index contributed by atoms with van der Waals surface area (Å²) in [5.74, 6) is -1.52. The van der Waals surface area contributed by atoms with Crippen LogP contribution in [0.25, 0.3) is 10.9 Å². The number of sulfonamides is 1. The van der Waals surface area contributed by atoms with Gasteiger partial charge in [-0.2, -0.15) is 0 Å². The highest BCUT2D eigenvalue weighted by molar-refractivity contribution is 7.91. The molecular formula is C50H68N4O9S. The van der Waals surface area contributed by atoms with Crippen molar-refractivity contribution < 1.29 is 41.8 Å². The van der Waals surface area contributed by atoms with Gasteiger partial charge in [-0.3, -0.25) is 28.8 Å². The van der Waals surface area contributed by atoms with Crippen LogP contribution in [0.5, 0.6) is 11.6 Å². The number of esters is 1. The van der Waals surface area contributed by atoms with Crippen LogP contribution in [0.2, 0.25) is 0 Å². The number of hydrogen-bond acceptors (Lipinski definition) is 11. The van der Waals surface area contributed by atoms with E-state index in [1.807, 2.05) is 39.0 Å². The number of benzene rings is 1. The maximum absolute atomic E-state index is 15.0. The molecule has 13 nitrogen and oxygen atoms in total. The van der Waals surface area contributed by atoms with Crippen LogP contribution >= 0.6 is 0 Å². The van der Waals surface area contributed by atoms with E-state index in [1.54, 1.807) is 17.9 Å². The van der Waals surface area contributed by atoms with Gasteiger partial charge in [0.25, 0.3) is 0 Å². The standard InChI is InChI=1S/C50H68N4O9S/c1-7-31-27-50(31,47(58)52-64(59,60)49(6)20-21-49)28-41(55)40-25-35-29-54(40)46(57)38(48(3,4)5)26-43(56)63-42-22-30(42)14-10-9-11-16-37-44(36-15-12-13-17-39(36)51-45(37)62-35)61-34-23-32-18-19-33(24-34)53(32)8-2/h7,12-13,15,17,30-35,38,40,42H,1,8-11,14,16,18-29H2,2-6H3,(H,52,58)/t30-,31-,32?,33?,34?,35-,38-,40+,42-,50?/m1/s1. The summed E-state index contributed by atoms with van der Waals surface area (Å²) in [6, 6.07) is 8.01. The topological polar surface area (TPSA) is 162 Å². The number of rotatable bonds is 10. The number of ketones is 1. The number of carbonyl (C=O) groups is 4. The molecule has 0 spiro atoms. The molecule has 1 aromatic heterocycles. The number of aromatic nitrogens is 1. The molecule has 1 aromatic carbocycles. The Bertz CT molecular complexity index is 2290. The second kappa shape index (κ2) is 17.0. The summed E-state index contributed by atoms with van der Waals surface area (Å²) in [5, 5.41) is 0.937. The molecule has 9 rings (SSSR count). The van der Waals surface area contributed by atoms with Gasteiger partial charge >= 0.3 is 5.97 Å². The first-order valence-corrected chi connectivity index (χ1v) is 25.6. The number of fused-ring (bicyclic) bond motifs is 7. The molecule has 3 aliphatic carbocycles. The van der Waals surface area contributed by atoms with Crippen molar-refractivity contribution in [3.63, 3.8) is 0 Å². The van der Waals surface area contributed by atoms with Gasteiger partial charge in [-0.15, -0.1) is 6.58 Å². The summed E-state index contributed by atoms with van der Waals surface area (Å²) in [6.07, 6.45) is 11.3. The Balaban J connectivity index is 1.06. The molecule has 64 heavy (non-hydrogen) atoms. The Morgan fingerprint density at radius 2 is 1.75 bits per heavy atom. The molecule has 2 amide bonds. The SMILES string of the molecule is C=C[C@@H]1CC1(CC(=O)[C@@H]1C[C@@H]2CN1C(=O)[C@H](C(C)(C)C)CC(=O)O[C@@H]1C[C@H]1CCCCCc1c(nc3ccccc3c1OC1CC3CCC(C1)N3CC)O2)C(=O)NS(=O)(=O)C1(C)CC1. The number of Topliss-reactive ketones (excluding diaryl/α,β-unsaturated/α-hetero) is 1. The number of ether oxygens (including phenoxy) is 3. The highest BCUT2D eigenvalue weighted by Gasteiger charge is 2.63. The van der Waals surface area contributed by atoms with Gasteiger partial charge in [-0.1, -0.05) is 58.7 Å². The lowest BCUT2D eigenvalue weighted by Crippen LogP contribution is -2.49. The van der Waals surface area contributed by atoms with Crippen molar-refractivity contribution in [1.82, 2.24) is 19.5 Å². The Labute approximate surface area is 378 Å². The van der Waals surface area contributed by atoms with Gasteiger partial charge in [-0.25, -0.2) is 13.4 Å². The number of nitrogens with zero attached hydrogens (tertiary/aromatic N) is 3. The van der Waals surface area contributed by atoms with Gasteiger partial charge in [0.15, 0.2) is 5.78 Å². The molecule has 5 heterocycles. The highest BCUT2D eigenvalue weighted by Crippen LogP contribution is 2.57. The van der Waals surface area contributed by atoms with Crippen LogP contribution in [0.15, 0.2) is 36.9 Å². The summed E-state index contributed by atoms with van der Waals surface area (Å²) in [5.41, 5.74) is -0.338. The second-order valence-corrected chi connectivity index (χ2v) is 23.8. The van der Waals surface area contributed by atoms with Gasteiger partial charge in [0, 0.05) is 30.3 Å². The zero-order valence-electron chi connectivity index (χ0n) is 38.4. The average Bonchev–Trinajstić information content (AvgIpc) is 4.20. The maximum Gasteiger partial charge on any atom is 0.306 e. The molecule has 2 aromatic rings. The van der Waals surface area contributed by atoms with Gasteiger partial charge in [0.2, 0.25) is 27.7 Å². The molecular weight excluding hydrogens is 833 g/mol. The molecule has 7 aliphatic rings. The summed E-state index contributed by atoms with van der Waals surface area (Å²) >= 11 is 0. The molecule has 3 unspecified atom stereocenters. The minimum atomic E-state index is -3.96. The fraction of sp³-hybridized carbons (Fsp3) is 0.700. The number of amides is 2. The highest BCUT2D eigenvalue weighted by atomic mass is 32.2. The van der Waals surface area contributed by atoms with Crippen molar-refractivity contribution in [3.8, 4) is 11.6 Å². The van der Waals surface area contributed by atoms with E-state index in [1.165, 1.54) is 12.8 Å². The van der Waals surface area contributed by atoms with E-state index in [0.29, 0.717) is 43.1 Å². The summed E-state index contributed by atoms with van der Waals surface area (Å²) in [4.78, 5) is 66.7. The third kappa shape index (κ3) is 8.71. The van der Waals surface area contributed by atoms with Crippen molar-refractivity contribution in [3.05, 3.63) is 42.5 Å². The molecule has 4 aliphatic heterocycles. The Kier molecular flexibility index (Phi) is 12.0. The molecule has 0 radical (unpaired) electrons. The number of allylic oxidation sites excluding steroid dienone is 1. The Hall–Kier alpha value is -4.04. The third-order valence-corrected chi connectivity index (χ3v) is 18.3. The monoisotopic (exact) mass is 900 g/mol. The van der Waals surface area contributed by atoms with Crippen LogP contribution in [-0.2, 0) is 40.4 Å². The van der Waals surface area contributed by atoms with E-state index in [4.69, 9.17) is 19.2 Å². The van der Waals surface area contributed by atoms with Crippen LogP contribution in [0.3, 0.4) is 0 Å². The lowest BCUT2D eigenvalue weighted by Gasteiger charge is -2.38. The first-order valence-electron chi connectivity index (χ1n) is 24.2. The molecule has 3 saturated carbocycles. The van der Waals surface area contributed by atoms with Crippen molar-refractivity contribution in [2.45, 2.75) is 179 Å². The first-order chi connectivity index (χ1) is 30.4.